The summed E-state index contributed by atoms with van der Waals surface area (Å²) in [7, 11) is 0. The van der Waals surface area contributed by atoms with Crippen LogP contribution in [0.3, 0.4) is 0 Å². The summed E-state index contributed by atoms with van der Waals surface area (Å²) in [5.74, 6) is -1.59. The van der Waals surface area contributed by atoms with E-state index in [0.717, 1.165) is 6.07 Å². The highest BCUT2D eigenvalue weighted by atomic mass is 19.4. The molecule has 0 spiro atoms. The predicted octanol–water partition coefficient (Wildman–Crippen LogP) is 3.08. The van der Waals surface area contributed by atoms with Crippen LogP contribution in [0.5, 0.6) is 0 Å². The van der Waals surface area contributed by atoms with Crippen LogP contribution < -0.4 is 10.6 Å². The van der Waals surface area contributed by atoms with Gasteiger partial charge in [0.25, 0.3) is 5.91 Å². The molecule has 1 fully saturated rings. The lowest BCUT2D eigenvalue weighted by atomic mass is 10.1. The molecule has 3 nitrogen and oxygen atoms in total. The fourth-order valence-electron chi connectivity index (χ4n) is 1.96. The SMILES string of the molecule is CCNc1c(F)cccc1C(=O)NC1(C(F)(F)F)CC1. The zero-order valence-electron chi connectivity index (χ0n) is 10.8. The normalized spacial score (nSPS) is 16.6. The third-order valence-electron chi connectivity index (χ3n) is 3.26. The summed E-state index contributed by atoms with van der Waals surface area (Å²) in [4.78, 5) is 12.0. The van der Waals surface area contributed by atoms with Crippen LogP contribution in [0.1, 0.15) is 30.1 Å². The Bertz CT molecular complexity index is 524. The van der Waals surface area contributed by atoms with Crippen molar-refractivity contribution in [1.29, 1.82) is 0 Å². The third kappa shape index (κ3) is 2.57. The molecule has 0 saturated heterocycles. The van der Waals surface area contributed by atoms with E-state index in [0.29, 0.717) is 6.54 Å². The number of benzene rings is 1. The highest BCUT2D eigenvalue weighted by Crippen LogP contribution is 2.49. The van der Waals surface area contributed by atoms with Crippen LogP contribution in [0.15, 0.2) is 18.2 Å². The molecule has 1 aliphatic rings. The van der Waals surface area contributed by atoms with Crippen molar-refractivity contribution in [2.75, 3.05) is 11.9 Å². The van der Waals surface area contributed by atoms with Crippen molar-refractivity contribution in [1.82, 2.24) is 5.32 Å². The van der Waals surface area contributed by atoms with Gasteiger partial charge in [-0.2, -0.15) is 13.2 Å². The molecule has 0 heterocycles. The van der Waals surface area contributed by atoms with Gasteiger partial charge in [-0.3, -0.25) is 4.79 Å². The fraction of sp³-hybridized carbons (Fsp3) is 0.462. The molecule has 1 amide bonds. The summed E-state index contributed by atoms with van der Waals surface area (Å²) in [5.41, 5.74) is -2.35. The van der Waals surface area contributed by atoms with Crippen LogP contribution in [-0.2, 0) is 0 Å². The Morgan fingerprint density at radius 2 is 2.00 bits per heavy atom. The van der Waals surface area contributed by atoms with Gasteiger partial charge in [-0.05, 0) is 31.9 Å². The number of hydrogen-bond acceptors (Lipinski definition) is 2. The lowest BCUT2D eigenvalue weighted by molar-refractivity contribution is -0.163. The minimum Gasteiger partial charge on any atom is -0.382 e. The van der Waals surface area contributed by atoms with Gasteiger partial charge in [-0.25, -0.2) is 4.39 Å². The number of anilines is 1. The van der Waals surface area contributed by atoms with Gasteiger partial charge in [0.15, 0.2) is 0 Å². The summed E-state index contributed by atoms with van der Waals surface area (Å²) >= 11 is 0. The summed E-state index contributed by atoms with van der Waals surface area (Å²) in [6.45, 7) is 2.05. The van der Waals surface area contributed by atoms with Crippen LogP contribution in [0.25, 0.3) is 0 Å². The monoisotopic (exact) mass is 290 g/mol. The highest BCUT2D eigenvalue weighted by molar-refractivity contribution is 6.00. The molecule has 20 heavy (non-hydrogen) atoms. The van der Waals surface area contributed by atoms with Crippen LogP contribution in [0, 0.1) is 5.82 Å². The molecule has 0 bridgehead atoms. The van der Waals surface area contributed by atoms with Gasteiger partial charge in [0.1, 0.15) is 11.4 Å². The van der Waals surface area contributed by atoms with Crippen molar-refractivity contribution in [3.05, 3.63) is 29.6 Å². The zero-order valence-corrected chi connectivity index (χ0v) is 10.8. The van der Waals surface area contributed by atoms with E-state index in [1.54, 1.807) is 6.92 Å². The Hall–Kier alpha value is -1.79. The molecule has 0 radical (unpaired) electrons. The van der Waals surface area contributed by atoms with Crippen molar-refractivity contribution in [2.45, 2.75) is 31.5 Å². The minimum atomic E-state index is -4.49. The third-order valence-corrected chi connectivity index (χ3v) is 3.26. The Morgan fingerprint density at radius 3 is 2.50 bits per heavy atom. The predicted molar refractivity (Wildman–Crippen MR) is 66.0 cm³/mol. The van der Waals surface area contributed by atoms with Crippen LogP contribution in [0.4, 0.5) is 23.2 Å². The molecule has 0 aliphatic heterocycles. The average molecular weight is 290 g/mol. The Kier molecular flexibility index (Phi) is 3.62. The molecule has 110 valence electrons. The summed E-state index contributed by atoms with van der Waals surface area (Å²) in [6, 6.07) is 3.73. The van der Waals surface area contributed by atoms with E-state index in [1.807, 2.05) is 5.32 Å². The number of para-hydroxylation sites is 1. The van der Waals surface area contributed by atoms with Gasteiger partial charge < -0.3 is 10.6 Å². The molecular formula is C13H14F4N2O. The first-order valence-electron chi connectivity index (χ1n) is 6.22. The average Bonchev–Trinajstić information content (AvgIpc) is 3.12. The second-order valence-corrected chi connectivity index (χ2v) is 4.73. The van der Waals surface area contributed by atoms with E-state index in [1.165, 1.54) is 12.1 Å². The number of carbonyl (C=O) groups excluding carboxylic acids is 1. The van der Waals surface area contributed by atoms with E-state index in [2.05, 4.69) is 5.32 Å². The lowest BCUT2D eigenvalue weighted by Crippen LogP contribution is -2.48. The summed E-state index contributed by atoms with van der Waals surface area (Å²) in [6.07, 6.45) is -4.78. The van der Waals surface area contributed by atoms with Crippen LogP contribution in [-0.4, -0.2) is 24.2 Å². The quantitative estimate of drug-likeness (QED) is 0.837. The number of alkyl halides is 3. The van der Waals surface area contributed by atoms with Crippen molar-refractivity contribution in [2.24, 2.45) is 0 Å². The molecular weight excluding hydrogens is 276 g/mol. The largest absolute Gasteiger partial charge is 0.411 e. The van der Waals surface area contributed by atoms with Crippen molar-refractivity contribution < 1.29 is 22.4 Å². The van der Waals surface area contributed by atoms with Gasteiger partial charge in [0, 0.05) is 6.54 Å². The molecule has 0 atom stereocenters. The number of amides is 1. The zero-order chi connectivity index (χ0) is 15.0. The fourth-order valence-corrected chi connectivity index (χ4v) is 1.96. The first-order chi connectivity index (χ1) is 9.31. The first-order valence-corrected chi connectivity index (χ1v) is 6.22. The minimum absolute atomic E-state index is 0.0783. The smallest absolute Gasteiger partial charge is 0.382 e. The summed E-state index contributed by atoms with van der Waals surface area (Å²) in [5, 5.41) is 4.63. The van der Waals surface area contributed by atoms with Gasteiger partial charge in [0.2, 0.25) is 0 Å². The number of halogens is 4. The molecule has 2 rings (SSSR count). The van der Waals surface area contributed by atoms with Crippen molar-refractivity contribution >= 4 is 11.6 Å². The van der Waals surface area contributed by atoms with Gasteiger partial charge in [-0.15, -0.1) is 0 Å². The number of nitrogens with one attached hydrogen (secondary N) is 2. The molecule has 7 heteroatoms. The van der Waals surface area contributed by atoms with Crippen molar-refractivity contribution in [3.63, 3.8) is 0 Å². The maximum atomic E-state index is 13.6. The van der Waals surface area contributed by atoms with Crippen molar-refractivity contribution in [3.8, 4) is 0 Å². The van der Waals surface area contributed by atoms with Crippen LogP contribution >= 0.6 is 0 Å². The maximum Gasteiger partial charge on any atom is 0.411 e. The molecule has 1 aromatic rings. The highest BCUT2D eigenvalue weighted by Gasteiger charge is 2.64. The van der Waals surface area contributed by atoms with E-state index >= 15 is 0 Å². The van der Waals surface area contributed by atoms with Gasteiger partial charge in [-0.1, -0.05) is 6.07 Å². The van der Waals surface area contributed by atoms with Gasteiger partial charge >= 0.3 is 6.18 Å². The molecule has 0 unspecified atom stereocenters. The molecule has 2 N–H and O–H groups in total. The van der Waals surface area contributed by atoms with Gasteiger partial charge in [0.05, 0.1) is 11.3 Å². The Labute approximate surface area is 113 Å². The standard InChI is InChI=1S/C13H14F4N2O/c1-2-18-10-8(4-3-5-9(10)14)11(20)19-12(6-7-12)13(15,16)17/h3-5,18H,2,6-7H2,1H3,(H,19,20). The molecule has 1 aliphatic carbocycles. The van der Waals surface area contributed by atoms with E-state index in [-0.39, 0.29) is 24.1 Å². The van der Waals surface area contributed by atoms with E-state index in [9.17, 15) is 22.4 Å². The number of rotatable bonds is 4. The second-order valence-electron chi connectivity index (χ2n) is 4.73. The molecule has 1 saturated carbocycles. The first kappa shape index (κ1) is 14.6. The number of hydrogen-bond donors (Lipinski definition) is 2. The van der Waals surface area contributed by atoms with Crippen LogP contribution in [0.2, 0.25) is 0 Å². The Morgan fingerprint density at radius 1 is 1.35 bits per heavy atom. The molecule has 0 aromatic heterocycles. The second kappa shape index (κ2) is 4.96. The van der Waals surface area contributed by atoms with E-state index in [4.69, 9.17) is 0 Å². The summed E-state index contributed by atoms with van der Waals surface area (Å²) < 4.78 is 52.0. The van der Waals surface area contributed by atoms with E-state index < -0.39 is 23.4 Å². The molecule has 1 aromatic carbocycles. The maximum absolute atomic E-state index is 13.6. The Balaban J connectivity index is 2.25. The topological polar surface area (TPSA) is 41.1 Å². The lowest BCUT2D eigenvalue weighted by Gasteiger charge is -2.21. The number of carbonyl (C=O) groups is 1.